The summed E-state index contributed by atoms with van der Waals surface area (Å²) in [4.78, 5) is 4.83. The van der Waals surface area contributed by atoms with E-state index >= 15 is 0 Å². The lowest BCUT2D eigenvalue weighted by Crippen LogP contribution is -1.89. The van der Waals surface area contributed by atoms with Crippen molar-refractivity contribution in [1.29, 1.82) is 0 Å². The Kier molecular flexibility index (Phi) is 3.96. The van der Waals surface area contributed by atoms with E-state index in [-0.39, 0.29) is 5.82 Å². The minimum Gasteiger partial charge on any atom is -0.396 e. The summed E-state index contributed by atoms with van der Waals surface area (Å²) in [5.41, 5.74) is 0.412. The maximum atomic E-state index is 12.9. The number of oxime groups is 1. The second-order valence-corrected chi connectivity index (χ2v) is 2.52. The van der Waals surface area contributed by atoms with Crippen LogP contribution in [0, 0.1) is 11.9 Å². The highest BCUT2D eigenvalue weighted by atomic mass is 19.1. The molecule has 0 aliphatic heterocycles. The largest absolute Gasteiger partial charge is 0.396 e. The zero-order chi connectivity index (χ0) is 9.52. The van der Waals surface area contributed by atoms with Gasteiger partial charge in [0.15, 0.2) is 0 Å². The summed E-state index contributed by atoms with van der Waals surface area (Å²) in [5, 5.41) is 3.61. The average Bonchev–Trinajstić information content (AvgIpc) is 2.15. The maximum Gasteiger partial charge on any atom is 0.132 e. The molecule has 0 aliphatic carbocycles. The van der Waals surface area contributed by atoms with Crippen LogP contribution < -0.4 is 0 Å². The van der Waals surface area contributed by atoms with Gasteiger partial charge in [-0.25, -0.2) is 4.39 Å². The predicted molar refractivity (Wildman–Crippen MR) is 49.1 cm³/mol. The Balaban J connectivity index is 2.53. The van der Waals surface area contributed by atoms with Gasteiger partial charge in [-0.1, -0.05) is 18.1 Å². The second kappa shape index (κ2) is 5.30. The van der Waals surface area contributed by atoms with E-state index in [0.717, 1.165) is 6.42 Å². The smallest absolute Gasteiger partial charge is 0.132 e. The molecular weight excluding hydrogens is 169 g/mol. The molecule has 0 aliphatic rings. The van der Waals surface area contributed by atoms with Crippen molar-refractivity contribution < 1.29 is 9.23 Å². The number of benzene rings is 1. The highest BCUT2D eigenvalue weighted by Crippen LogP contribution is 2.02. The molecule has 0 amide bonds. The van der Waals surface area contributed by atoms with Crippen molar-refractivity contribution in [2.45, 2.75) is 13.3 Å². The van der Waals surface area contributed by atoms with Gasteiger partial charge < -0.3 is 4.84 Å². The normalized spacial score (nSPS) is 10.6. The van der Waals surface area contributed by atoms with Gasteiger partial charge in [0.05, 0.1) is 6.21 Å². The number of halogens is 1. The van der Waals surface area contributed by atoms with Gasteiger partial charge in [-0.05, 0) is 24.6 Å². The Morgan fingerprint density at radius 2 is 2.54 bits per heavy atom. The molecule has 69 valence electrons. The quantitative estimate of drug-likeness (QED) is 0.396. The van der Waals surface area contributed by atoms with Crippen molar-refractivity contribution in [3.8, 4) is 0 Å². The van der Waals surface area contributed by atoms with Crippen molar-refractivity contribution in [1.82, 2.24) is 0 Å². The van der Waals surface area contributed by atoms with Gasteiger partial charge in [0.2, 0.25) is 0 Å². The summed E-state index contributed by atoms with van der Waals surface area (Å²) < 4.78 is 12.9. The van der Waals surface area contributed by atoms with Gasteiger partial charge >= 0.3 is 0 Å². The molecule has 0 unspecified atom stereocenters. The summed E-state index contributed by atoms with van der Waals surface area (Å²) in [6.45, 7) is 2.53. The second-order valence-electron chi connectivity index (χ2n) is 2.52. The van der Waals surface area contributed by atoms with Crippen LogP contribution in [0.4, 0.5) is 4.39 Å². The molecule has 0 heterocycles. The fourth-order valence-corrected chi connectivity index (χ4v) is 0.765. The van der Waals surface area contributed by atoms with Crippen LogP contribution in [-0.2, 0) is 4.84 Å². The molecule has 0 aromatic heterocycles. The van der Waals surface area contributed by atoms with Crippen LogP contribution in [0.25, 0.3) is 0 Å². The van der Waals surface area contributed by atoms with Crippen molar-refractivity contribution in [3.63, 3.8) is 0 Å². The third kappa shape index (κ3) is 3.23. The molecule has 1 rings (SSSR count). The lowest BCUT2D eigenvalue weighted by atomic mass is 10.2. The molecule has 0 N–H and O–H groups in total. The molecule has 3 heteroatoms. The average molecular weight is 180 g/mol. The van der Waals surface area contributed by atoms with E-state index in [9.17, 15) is 4.39 Å². The maximum absolute atomic E-state index is 12.9. The van der Waals surface area contributed by atoms with E-state index in [1.165, 1.54) is 12.3 Å². The summed E-state index contributed by atoms with van der Waals surface area (Å²) >= 11 is 0. The molecule has 1 aromatic rings. The number of nitrogens with zero attached hydrogens (tertiary/aromatic N) is 1. The molecular formula is C10H11FNO. The first-order valence-electron chi connectivity index (χ1n) is 4.15. The number of hydrogen-bond donors (Lipinski definition) is 0. The Morgan fingerprint density at radius 1 is 1.69 bits per heavy atom. The summed E-state index contributed by atoms with van der Waals surface area (Å²) in [5.74, 6) is -0.341. The molecule has 0 fully saturated rings. The van der Waals surface area contributed by atoms with Crippen LogP contribution in [0.3, 0.4) is 0 Å². The van der Waals surface area contributed by atoms with Crippen molar-refractivity contribution in [2.75, 3.05) is 6.61 Å². The fraction of sp³-hybridized carbons (Fsp3) is 0.300. The van der Waals surface area contributed by atoms with Crippen molar-refractivity contribution >= 4 is 6.21 Å². The number of rotatable bonds is 4. The van der Waals surface area contributed by atoms with Crippen molar-refractivity contribution in [3.05, 3.63) is 35.6 Å². The van der Waals surface area contributed by atoms with Gasteiger partial charge in [-0.2, -0.15) is 0 Å². The van der Waals surface area contributed by atoms with E-state index in [1.54, 1.807) is 12.1 Å². The van der Waals surface area contributed by atoms with Crippen molar-refractivity contribution in [2.24, 2.45) is 5.16 Å². The minimum atomic E-state index is -0.341. The topological polar surface area (TPSA) is 21.6 Å². The third-order valence-electron chi connectivity index (χ3n) is 1.41. The molecule has 1 aromatic carbocycles. The molecule has 0 saturated carbocycles. The molecule has 13 heavy (non-hydrogen) atoms. The predicted octanol–water partition coefficient (Wildman–Crippen LogP) is 2.39. The van der Waals surface area contributed by atoms with Gasteiger partial charge in [0.1, 0.15) is 12.4 Å². The zero-order valence-corrected chi connectivity index (χ0v) is 7.46. The monoisotopic (exact) mass is 180 g/mol. The van der Waals surface area contributed by atoms with Crippen LogP contribution in [-0.4, -0.2) is 12.8 Å². The molecule has 0 atom stereocenters. The zero-order valence-electron chi connectivity index (χ0n) is 7.46. The summed E-state index contributed by atoms with van der Waals surface area (Å²) in [6.07, 6.45) is 2.25. The first-order valence-corrected chi connectivity index (χ1v) is 4.15. The van der Waals surface area contributed by atoms with Gasteiger partial charge in [0.25, 0.3) is 0 Å². The van der Waals surface area contributed by atoms with Gasteiger partial charge in [-0.15, -0.1) is 0 Å². The number of hydrogen-bond acceptors (Lipinski definition) is 2. The lowest BCUT2D eigenvalue weighted by molar-refractivity contribution is 0.146. The molecule has 0 bridgehead atoms. The van der Waals surface area contributed by atoms with E-state index < -0.39 is 0 Å². The first kappa shape index (κ1) is 9.71. The van der Waals surface area contributed by atoms with Crippen LogP contribution in [0.5, 0.6) is 0 Å². The standard InChI is InChI=1S/C10H11FNO/c1-2-7-13-12-8-9-5-3-4-6-10(9)11/h3,5-6,8H,2,7H2,1H3. The Labute approximate surface area is 77.0 Å². The van der Waals surface area contributed by atoms with Crippen LogP contribution in [0.1, 0.15) is 18.9 Å². The minimum absolute atomic E-state index is 0.341. The highest BCUT2D eigenvalue weighted by molar-refractivity contribution is 5.79. The van der Waals surface area contributed by atoms with Gasteiger partial charge in [0, 0.05) is 5.56 Å². The molecule has 0 saturated heterocycles. The van der Waals surface area contributed by atoms with Crippen LogP contribution >= 0.6 is 0 Å². The van der Waals surface area contributed by atoms with Crippen LogP contribution in [0.2, 0.25) is 0 Å². The Bertz CT molecular complexity index is 286. The van der Waals surface area contributed by atoms with E-state index in [0.29, 0.717) is 12.2 Å². The summed E-state index contributed by atoms with van der Waals surface area (Å²) in [6, 6.07) is 7.11. The van der Waals surface area contributed by atoms with Crippen LogP contribution in [0.15, 0.2) is 23.4 Å². The lowest BCUT2D eigenvalue weighted by Gasteiger charge is -1.95. The van der Waals surface area contributed by atoms with E-state index in [1.807, 2.05) is 6.92 Å². The molecule has 0 spiro atoms. The van der Waals surface area contributed by atoms with Gasteiger partial charge in [-0.3, -0.25) is 0 Å². The summed E-state index contributed by atoms with van der Waals surface area (Å²) in [7, 11) is 0. The SMILES string of the molecule is CCCON=Cc1cc[c]cc1F. The van der Waals surface area contributed by atoms with E-state index in [2.05, 4.69) is 11.2 Å². The molecule has 1 radical (unpaired) electrons. The Morgan fingerprint density at radius 3 is 3.23 bits per heavy atom. The molecule has 2 nitrogen and oxygen atoms in total. The first-order chi connectivity index (χ1) is 6.34. The van der Waals surface area contributed by atoms with E-state index in [4.69, 9.17) is 4.84 Å². The third-order valence-corrected chi connectivity index (χ3v) is 1.41. The Hall–Kier alpha value is -1.38. The highest BCUT2D eigenvalue weighted by Gasteiger charge is 1.95. The fourth-order valence-electron chi connectivity index (χ4n) is 0.765.